The number of aromatic amines is 1. The maximum Gasteiger partial charge on any atom is 0.266 e. The molecule has 2 aromatic carbocycles. The van der Waals surface area contributed by atoms with E-state index in [-0.39, 0.29) is 29.5 Å². The second-order valence-corrected chi connectivity index (χ2v) is 7.45. The molecule has 0 unspecified atom stereocenters. The standard InChI is InChI=1S/C23H16FNO4S/c24-18-5-2-1-4-16(18)14-29-17-9-7-15(8-10-17)12-21-23(27)25-22(30-21)13-19(26)20-6-3-11-28-20/h1-13H,14H2,(H,25,27)/b21-12-,22-13-. The van der Waals surface area contributed by atoms with Crippen LogP contribution in [-0.4, -0.2) is 10.8 Å². The van der Waals surface area contributed by atoms with Crippen LogP contribution in [0.3, 0.4) is 0 Å². The summed E-state index contributed by atoms with van der Waals surface area (Å²) < 4.78 is 25.2. The van der Waals surface area contributed by atoms with Gasteiger partial charge in [-0.15, -0.1) is 11.3 Å². The molecular weight excluding hydrogens is 405 g/mol. The Balaban J connectivity index is 1.50. The zero-order chi connectivity index (χ0) is 20.9. The van der Waals surface area contributed by atoms with Crippen LogP contribution in [0.15, 0.2) is 76.1 Å². The van der Waals surface area contributed by atoms with Crippen LogP contribution in [-0.2, 0) is 6.61 Å². The number of furan rings is 1. The number of ketones is 1. The predicted molar refractivity (Wildman–Crippen MR) is 112 cm³/mol. The van der Waals surface area contributed by atoms with Crippen molar-refractivity contribution in [2.45, 2.75) is 6.61 Å². The highest BCUT2D eigenvalue weighted by Crippen LogP contribution is 2.16. The van der Waals surface area contributed by atoms with Gasteiger partial charge in [0.15, 0.2) is 5.76 Å². The molecule has 0 saturated heterocycles. The molecule has 0 aliphatic rings. The highest BCUT2D eigenvalue weighted by Gasteiger charge is 2.06. The van der Waals surface area contributed by atoms with Crippen LogP contribution in [0.5, 0.6) is 5.75 Å². The molecule has 0 aliphatic carbocycles. The smallest absolute Gasteiger partial charge is 0.266 e. The van der Waals surface area contributed by atoms with Gasteiger partial charge < -0.3 is 14.1 Å². The molecule has 2 heterocycles. The van der Waals surface area contributed by atoms with Crippen molar-refractivity contribution in [2.75, 3.05) is 0 Å². The Bertz CT molecular complexity index is 1340. The minimum absolute atomic E-state index is 0.128. The van der Waals surface area contributed by atoms with Gasteiger partial charge in [0.05, 0.1) is 15.5 Å². The number of rotatable bonds is 6. The van der Waals surface area contributed by atoms with E-state index in [0.29, 0.717) is 20.5 Å². The normalized spacial score (nSPS) is 12.3. The van der Waals surface area contributed by atoms with Crippen molar-refractivity contribution in [1.29, 1.82) is 0 Å². The van der Waals surface area contributed by atoms with E-state index in [0.717, 1.165) is 5.56 Å². The lowest BCUT2D eigenvalue weighted by atomic mass is 10.2. The largest absolute Gasteiger partial charge is 0.489 e. The maximum absolute atomic E-state index is 13.7. The van der Waals surface area contributed by atoms with Gasteiger partial charge in [0, 0.05) is 11.6 Å². The van der Waals surface area contributed by atoms with Crippen molar-refractivity contribution in [3.63, 3.8) is 0 Å². The van der Waals surface area contributed by atoms with Crippen LogP contribution >= 0.6 is 11.3 Å². The van der Waals surface area contributed by atoms with Gasteiger partial charge in [-0.2, -0.15) is 0 Å². The van der Waals surface area contributed by atoms with Gasteiger partial charge in [-0.3, -0.25) is 9.59 Å². The monoisotopic (exact) mass is 421 g/mol. The second kappa shape index (κ2) is 8.75. The van der Waals surface area contributed by atoms with Crippen molar-refractivity contribution in [3.05, 3.63) is 109 Å². The first-order valence-electron chi connectivity index (χ1n) is 9.05. The number of halogens is 1. The van der Waals surface area contributed by atoms with E-state index >= 15 is 0 Å². The van der Waals surface area contributed by atoms with Crippen LogP contribution in [0.1, 0.15) is 21.7 Å². The number of thiazole rings is 1. The van der Waals surface area contributed by atoms with Crippen LogP contribution in [0.2, 0.25) is 0 Å². The number of ether oxygens (including phenoxy) is 1. The number of benzene rings is 2. The Morgan fingerprint density at radius 2 is 1.90 bits per heavy atom. The van der Waals surface area contributed by atoms with E-state index in [4.69, 9.17) is 9.15 Å². The Morgan fingerprint density at radius 1 is 1.10 bits per heavy atom. The summed E-state index contributed by atoms with van der Waals surface area (Å²) in [4.78, 5) is 26.9. The zero-order valence-electron chi connectivity index (χ0n) is 15.6. The van der Waals surface area contributed by atoms with Crippen LogP contribution in [0, 0.1) is 5.82 Å². The molecule has 5 nitrogen and oxygen atoms in total. The second-order valence-electron chi connectivity index (χ2n) is 6.36. The Hall–Kier alpha value is -3.71. The highest BCUT2D eigenvalue weighted by atomic mass is 32.1. The number of nitrogens with one attached hydrogen (secondary N) is 1. The molecule has 150 valence electrons. The van der Waals surface area contributed by atoms with Crippen molar-refractivity contribution < 1.29 is 18.3 Å². The number of Topliss-reactive ketones (excluding diaryl/α,β-unsaturated/α-hetero) is 1. The molecule has 0 atom stereocenters. The molecule has 0 fully saturated rings. The molecule has 0 aliphatic heterocycles. The van der Waals surface area contributed by atoms with Crippen molar-refractivity contribution in [1.82, 2.24) is 4.98 Å². The quantitative estimate of drug-likeness (QED) is 0.485. The number of aromatic nitrogens is 1. The van der Waals surface area contributed by atoms with Crippen molar-refractivity contribution in [3.8, 4) is 5.75 Å². The van der Waals surface area contributed by atoms with E-state index in [1.54, 1.807) is 60.7 Å². The van der Waals surface area contributed by atoms with E-state index in [2.05, 4.69) is 4.98 Å². The van der Waals surface area contributed by atoms with E-state index in [9.17, 15) is 14.0 Å². The Kier molecular flexibility index (Phi) is 5.72. The molecule has 2 aromatic heterocycles. The first kappa shape index (κ1) is 19.6. The van der Waals surface area contributed by atoms with Gasteiger partial charge in [0.1, 0.15) is 18.2 Å². The average Bonchev–Trinajstić information content (AvgIpc) is 3.39. The summed E-state index contributed by atoms with van der Waals surface area (Å²) in [5.41, 5.74) is 0.994. The van der Waals surface area contributed by atoms with E-state index < -0.39 is 0 Å². The fraction of sp³-hybridized carbons (Fsp3) is 0.0435. The van der Waals surface area contributed by atoms with Gasteiger partial charge in [-0.25, -0.2) is 4.39 Å². The van der Waals surface area contributed by atoms with Crippen molar-refractivity contribution >= 4 is 29.3 Å². The fourth-order valence-electron chi connectivity index (χ4n) is 2.72. The summed E-state index contributed by atoms with van der Waals surface area (Å²) in [6.07, 6.45) is 4.47. The minimum Gasteiger partial charge on any atom is -0.489 e. The van der Waals surface area contributed by atoms with Gasteiger partial charge in [0.2, 0.25) is 5.78 Å². The highest BCUT2D eigenvalue weighted by molar-refractivity contribution is 7.07. The lowest BCUT2D eigenvalue weighted by molar-refractivity contribution is 0.103. The SMILES string of the molecule is O=C(/C=c1/[nH]c(=O)/c(=C/c2ccc(OCc3ccccc3F)cc2)s1)c1ccco1. The molecule has 4 rings (SSSR count). The lowest BCUT2D eigenvalue weighted by Gasteiger charge is -2.07. The molecule has 0 amide bonds. The molecule has 0 saturated carbocycles. The zero-order valence-corrected chi connectivity index (χ0v) is 16.4. The van der Waals surface area contributed by atoms with E-state index in [1.807, 2.05) is 0 Å². The molecule has 0 spiro atoms. The summed E-state index contributed by atoms with van der Waals surface area (Å²) in [5.74, 6) is 0.173. The Morgan fingerprint density at radius 3 is 2.63 bits per heavy atom. The third kappa shape index (κ3) is 4.64. The van der Waals surface area contributed by atoms with Crippen LogP contribution in [0.4, 0.5) is 4.39 Å². The average molecular weight is 421 g/mol. The number of carbonyl (C=O) groups excluding carboxylic acids is 1. The lowest BCUT2D eigenvalue weighted by Crippen LogP contribution is -2.19. The minimum atomic E-state index is -0.319. The molecular formula is C23H16FNO4S. The summed E-state index contributed by atoms with van der Waals surface area (Å²) >= 11 is 1.18. The molecule has 4 aromatic rings. The molecule has 0 radical (unpaired) electrons. The first-order chi connectivity index (χ1) is 14.6. The van der Waals surface area contributed by atoms with Crippen molar-refractivity contribution in [2.24, 2.45) is 0 Å². The number of hydrogen-bond donors (Lipinski definition) is 1. The summed E-state index contributed by atoms with van der Waals surface area (Å²) in [7, 11) is 0. The molecule has 1 N–H and O–H groups in total. The third-order valence-corrected chi connectivity index (χ3v) is 5.20. The summed E-state index contributed by atoms with van der Waals surface area (Å²) in [6.45, 7) is 0.128. The fourth-order valence-corrected chi connectivity index (χ4v) is 3.61. The predicted octanol–water partition coefficient (Wildman–Crippen LogP) is 3.24. The summed E-state index contributed by atoms with van der Waals surface area (Å²) in [6, 6.07) is 16.7. The molecule has 30 heavy (non-hydrogen) atoms. The Labute approximate surface area is 174 Å². The first-order valence-corrected chi connectivity index (χ1v) is 9.87. The van der Waals surface area contributed by atoms with Gasteiger partial charge >= 0.3 is 0 Å². The van der Waals surface area contributed by atoms with E-state index in [1.165, 1.54) is 29.7 Å². The maximum atomic E-state index is 13.7. The van der Waals surface area contributed by atoms with Crippen LogP contribution in [0.25, 0.3) is 12.2 Å². The number of hydrogen-bond acceptors (Lipinski definition) is 5. The van der Waals surface area contributed by atoms with Gasteiger partial charge in [0.25, 0.3) is 5.56 Å². The number of H-pyrrole nitrogens is 1. The number of carbonyl (C=O) groups is 1. The topological polar surface area (TPSA) is 72.3 Å². The molecule has 0 bridgehead atoms. The van der Waals surface area contributed by atoms with Gasteiger partial charge in [-0.05, 0) is 42.0 Å². The molecule has 7 heteroatoms. The third-order valence-electron chi connectivity index (χ3n) is 4.24. The van der Waals surface area contributed by atoms with Gasteiger partial charge in [-0.1, -0.05) is 30.3 Å². The van der Waals surface area contributed by atoms with Crippen LogP contribution < -0.4 is 19.5 Å². The summed E-state index contributed by atoms with van der Waals surface area (Å²) in [5, 5.41) is 0.